The highest BCUT2D eigenvalue weighted by Crippen LogP contribution is 2.52. The molecule has 2 saturated heterocycles. The van der Waals surface area contributed by atoms with Gasteiger partial charge in [-0.25, -0.2) is 0 Å². The van der Waals surface area contributed by atoms with Gasteiger partial charge in [0.25, 0.3) is 0 Å². The molecule has 1 aromatic carbocycles. The number of unbranched alkanes of at least 4 members (excludes halogenated alkanes) is 2. The third kappa shape index (κ3) is 2.74. The second-order valence-corrected chi connectivity index (χ2v) is 7.61. The summed E-state index contributed by atoms with van der Waals surface area (Å²) in [5, 5.41) is 0.615. The lowest BCUT2D eigenvalue weighted by Gasteiger charge is -2.22. The molecule has 6 heteroatoms. The molecule has 4 rings (SSSR count). The van der Waals surface area contributed by atoms with Crippen LogP contribution in [-0.2, 0) is 19.1 Å². The lowest BCUT2D eigenvalue weighted by Crippen LogP contribution is -2.40. The lowest BCUT2D eigenvalue weighted by atomic mass is 9.77. The summed E-state index contributed by atoms with van der Waals surface area (Å²) in [5.74, 6) is -1.50. The van der Waals surface area contributed by atoms with Gasteiger partial charge in [0.15, 0.2) is 0 Å². The first-order chi connectivity index (χ1) is 12.6. The van der Waals surface area contributed by atoms with E-state index in [1.54, 1.807) is 17.0 Å². The van der Waals surface area contributed by atoms with Crippen molar-refractivity contribution in [2.45, 2.75) is 37.9 Å². The Kier molecular flexibility index (Phi) is 4.53. The molecule has 1 aromatic rings. The van der Waals surface area contributed by atoms with Gasteiger partial charge in [0.05, 0.1) is 25.2 Å². The van der Waals surface area contributed by atoms with Crippen LogP contribution in [-0.4, -0.2) is 36.7 Å². The SMILES string of the molecule is CCCCCOC(=O)[C@H]1[C@H]2C(=O)N(c3ccc(Cl)cc3)C[C@@]23C=C[C@H]1O3. The number of amides is 1. The number of benzene rings is 1. The number of halogens is 1. The minimum absolute atomic E-state index is 0.0883. The van der Waals surface area contributed by atoms with Crippen LogP contribution < -0.4 is 4.90 Å². The van der Waals surface area contributed by atoms with Crippen molar-refractivity contribution in [2.75, 3.05) is 18.1 Å². The van der Waals surface area contributed by atoms with Gasteiger partial charge in [-0.05, 0) is 30.7 Å². The summed E-state index contributed by atoms with van der Waals surface area (Å²) in [6, 6.07) is 7.13. The average molecular weight is 376 g/mol. The van der Waals surface area contributed by atoms with Crippen molar-refractivity contribution < 1.29 is 19.1 Å². The van der Waals surface area contributed by atoms with Gasteiger partial charge in [-0.15, -0.1) is 0 Å². The summed E-state index contributed by atoms with van der Waals surface area (Å²) < 4.78 is 11.5. The largest absolute Gasteiger partial charge is 0.465 e. The molecule has 3 aliphatic heterocycles. The normalized spacial score (nSPS) is 31.5. The topological polar surface area (TPSA) is 55.8 Å². The minimum Gasteiger partial charge on any atom is -0.465 e. The molecule has 26 heavy (non-hydrogen) atoms. The summed E-state index contributed by atoms with van der Waals surface area (Å²) in [6.45, 7) is 2.90. The molecular formula is C20H22ClNO4. The highest BCUT2D eigenvalue weighted by Gasteiger charge is 2.67. The molecule has 0 saturated carbocycles. The molecule has 3 aliphatic rings. The third-order valence-corrected chi connectivity index (χ3v) is 5.75. The predicted octanol–water partition coefficient (Wildman–Crippen LogP) is 3.36. The molecule has 1 spiro atoms. The zero-order valence-corrected chi connectivity index (χ0v) is 15.4. The van der Waals surface area contributed by atoms with Gasteiger partial charge in [0, 0.05) is 10.7 Å². The van der Waals surface area contributed by atoms with E-state index in [4.69, 9.17) is 21.1 Å². The smallest absolute Gasteiger partial charge is 0.312 e. The van der Waals surface area contributed by atoms with E-state index in [1.165, 1.54) is 0 Å². The Morgan fingerprint density at radius 3 is 2.85 bits per heavy atom. The number of anilines is 1. The summed E-state index contributed by atoms with van der Waals surface area (Å²) in [4.78, 5) is 27.5. The molecule has 5 nitrogen and oxygen atoms in total. The van der Waals surface area contributed by atoms with Crippen LogP contribution in [0.15, 0.2) is 36.4 Å². The van der Waals surface area contributed by atoms with Crippen LogP contribution in [0.25, 0.3) is 0 Å². The first-order valence-corrected chi connectivity index (χ1v) is 9.54. The quantitative estimate of drug-likeness (QED) is 0.434. The second-order valence-electron chi connectivity index (χ2n) is 7.18. The maximum Gasteiger partial charge on any atom is 0.312 e. The number of rotatable bonds is 6. The Morgan fingerprint density at radius 1 is 1.35 bits per heavy atom. The van der Waals surface area contributed by atoms with Gasteiger partial charge in [-0.3, -0.25) is 9.59 Å². The number of ether oxygens (including phenoxy) is 2. The monoisotopic (exact) mass is 375 g/mol. The molecule has 0 aliphatic carbocycles. The van der Waals surface area contributed by atoms with E-state index in [0.29, 0.717) is 18.2 Å². The third-order valence-electron chi connectivity index (χ3n) is 5.50. The van der Waals surface area contributed by atoms with E-state index in [1.807, 2.05) is 24.3 Å². The number of fused-ring (bicyclic) bond motifs is 1. The van der Waals surface area contributed by atoms with Crippen LogP contribution in [0, 0.1) is 11.8 Å². The van der Waals surface area contributed by atoms with Crippen molar-refractivity contribution >= 4 is 29.2 Å². The molecular weight excluding hydrogens is 354 g/mol. The first kappa shape index (κ1) is 17.6. The maximum atomic E-state index is 13.1. The van der Waals surface area contributed by atoms with Crippen LogP contribution >= 0.6 is 11.6 Å². The first-order valence-electron chi connectivity index (χ1n) is 9.16. The molecule has 0 radical (unpaired) electrons. The summed E-state index contributed by atoms with van der Waals surface area (Å²) in [5.41, 5.74) is 0.0350. The van der Waals surface area contributed by atoms with Gasteiger partial charge >= 0.3 is 5.97 Å². The molecule has 0 N–H and O–H groups in total. The van der Waals surface area contributed by atoms with Crippen molar-refractivity contribution in [3.05, 3.63) is 41.4 Å². The molecule has 0 aromatic heterocycles. The molecule has 138 valence electrons. The number of hydrogen-bond acceptors (Lipinski definition) is 4. The van der Waals surface area contributed by atoms with E-state index >= 15 is 0 Å². The van der Waals surface area contributed by atoms with Gasteiger partial charge in [-0.1, -0.05) is 43.5 Å². The van der Waals surface area contributed by atoms with Crippen molar-refractivity contribution in [1.82, 2.24) is 0 Å². The number of carbonyl (C=O) groups excluding carboxylic acids is 2. The van der Waals surface area contributed by atoms with E-state index in [0.717, 1.165) is 24.9 Å². The van der Waals surface area contributed by atoms with Gasteiger partial charge in [0.1, 0.15) is 11.5 Å². The van der Waals surface area contributed by atoms with Crippen LogP contribution in [0.5, 0.6) is 0 Å². The highest BCUT2D eigenvalue weighted by molar-refractivity contribution is 6.30. The molecule has 0 unspecified atom stereocenters. The van der Waals surface area contributed by atoms with Crippen molar-refractivity contribution in [1.29, 1.82) is 0 Å². The Bertz CT molecular complexity index is 747. The number of carbonyl (C=O) groups is 2. The zero-order valence-electron chi connectivity index (χ0n) is 14.7. The predicted molar refractivity (Wildman–Crippen MR) is 98.0 cm³/mol. The fraction of sp³-hybridized carbons (Fsp3) is 0.500. The Labute approximate surface area is 157 Å². The van der Waals surface area contributed by atoms with Crippen molar-refractivity contribution in [3.63, 3.8) is 0 Å². The fourth-order valence-electron chi connectivity index (χ4n) is 4.23. The summed E-state index contributed by atoms with van der Waals surface area (Å²) in [7, 11) is 0. The van der Waals surface area contributed by atoms with E-state index in [-0.39, 0.29) is 18.0 Å². The van der Waals surface area contributed by atoms with Crippen molar-refractivity contribution in [2.24, 2.45) is 11.8 Å². The van der Waals surface area contributed by atoms with E-state index in [2.05, 4.69) is 6.92 Å². The molecule has 1 amide bonds. The van der Waals surface area contributed by atoms with Gasteiger partial charge in [0.2, 0.25) is 5.91 Å². The highest BCUT2D eigenvalue weighted by atomic mass is 35.5. The minimum atomic E-state index is -0.728. The standard InChI is InChI=1S/C20H22ClNO4/c1-2-3-4-11-25-19(24)16-15-9-10-20(26-15)12-22(18(23)17(16)20)14-7-5-13(21)6-8-14/h5-10,15-17H,2-4,11-12H2,1H3/t15-,16-,17+,20+/m1/s1. The second kappa shape index (κ2) is 6.71. The average Bonchev–Trinajstić information content (AvgIpc) is 3.28. The number of nitrogens with zero attached hydrogens (tertiary/aromatic N) is 1. The van der Waals surface area contributed by atoms with Crippen molar-refractivity contribution in [3.8, 4) is 0 Å². The maximum absolute atomic E-state index is 13.1. The Morgan fingerprint density at radius 2 is 2.12 bits per heavy atom. The Balaban J connectivity index is 1.53. The number of hydrogen-bond donors (Lipinski definition) is 0. The summed E-state index contributed by atoms with van der Waals surface area (Å²) in [6.07, 6.45) is 6.40. The van der Waals surface area contributed by atoms with E-state index in [9.17, 15) is 9.59 Å². The van der Waals surface area contributed by atoms with Gasteiger partial charge < -0.3 is 14.4 Å². The van der Waals surface area contributed by atoms with Gasteiger partial charge in [-0.2, -0.15) is 0 Å². The molecule has 2 fully saturated rings. The van der Waals surface area contributed by atoms with Crippen LogP contribution in [0.3, 0.4) is 0 Å². The summed E-state index contributed by atoms with van der Waals surface area (Å²) >= 11 is 5.95. The Hall–Kier alpha value is -1.85. The number of esters is 1. The van der Waals surface area contributed by atoms with Crippen LogP contribution in [0.2, 0.25) is 5.02 Å². The van der Waals surface area contributed by atoms with Crippen LogP contribution in [0.1, 0.15) is 26.2 Å². The van der Waals surface area contributed by atoms with Crippen LogP contribution in [0.4, 0.5) is 5.69 Å². The lowest BCUT2D eigenvalue weighted by molar-refractivity contribution is -0.152. The molecule has 4 atom stereocenters. The zero-order chi connectivity index (χ0) is 18.3. The van der Waals surface area contributed by atoms with E-state index < -0.39 is 17.4 Å². The fourth-order valence-corrected chi connectivity index (χ4v) is 4.35. The molecule has 2 bridgehead atoms. The molecule has 3 heterocycles.